The van der Waals surface area contributed by atoms with Crippen LogP contribution in [0.15, 0.2) is 22.7 Å². The van der Waals surface area contributed by atoms with Gasteiger partial charge >= 0.3 is 24.4 Å². The van der Waals surface area contributed by atoms with Crippen LogP contribution in [0.25, 0.3) is 11.0 Å². The molecule has 42 heavy (non-hydrogen) atoms. The topological polar surface area (TPSA) is 204 Å². The summed E-state index contributed by atoms with van der Waals surface area (Å²) in [6.45, 7) is 1.80. The number of nitrogens with two attached hydrogens (primary N) is 2. The van der Waals surface area contributed by atoms with E-state index in [2.05, 4.69) is 20.1 Å². The highest BCUT2D eigenvalue weighted by atomic mass is 19.1. The smallest absolute Gasteiger partial charge is 0.392 e. The van der Waals surface area contributed by atoms with Crippen molar-refractivity contribution < 1.29 is 42.7 Å². The molecule has 0 radical (unpaired) electrons. The molecular weight excluding hydrogens is 555 g/mol. The van der Waals surface area contributed by atoms with Crippen LogP contribution in [0.1, 0.15) is 50.1 Å². The van der Waals surface area contributed by atoms with Crippen LogP contribution in [0.5, 0.6) is 0 Å². The number of rotatable bonds is 8. The van der Waals surface area contributed by atoms with Gasteiger partial charge in [-0.15, -0.1) is 0 Å². The fourth-order valence-electron chi connectivity index (χ4n) is 6.97. The predicted octanol–water partition coefficient (Wildman–Crippen LogP) is 2.39. The Balaban J connectivity index is 1.18. The number of nitrogens with one attached hydrogen (secondary N) is 1. The maximum absolute atomic E-state index is 13.5. The Morgan fingerprint density at radius 1 is 1.12 bits per heavy atom. The minimum atomic E-state index is -1.26. The van der Waals surface area contributed by atoms with Gasteiger partial charge in [0, 0.05) is 30.5 Å². The van der Waals surface area contributed by atoms with Crippen LogP contribution in [0.2, 0.25) is 0 Å². The van der Waals surface area contributed by atoms with Crippen LogP contribution in [-0.2, 0) is 9.47 Å². The Morgan fingerprint density at radius 2 is 1.83 bits per heavy atom. The van der Waals surface area contributed by atoms with Gasteiger partial charge in [0.1, 0.15) is 5.82 Å². The molecule has 5 rings (SSSR count). The molecule has 3 aliphatic rings. The standard InChI is InChI=1S/C27H35FN6O8/c28-17-3-4-19-20(12-17)42-32-21(19)14-5-8-33(9-6-14)13-18(35)7-10-34(27(39)41-25(30)37)23-16-2-1-15(11-16)22(23)31-26(38)40-24(29)36/h3-4,12,14-16,18,22-23,35H,1-2,5-11,13H2,(H2,29,36)(H2,30,37)(H,31,38). The number of hydrogen-bond donors (Lipinski definition) is 4. The quantitative estimate of drug-likeness (QED) is 0.330. The number of aliphatic hydroxyl groups excluding tert-OH is 1. The molecule has 2 heterocycles. The molecule has 2 aliphatic carbocycles. The summed E-state index contributed by atoms with van der Waals surface area (Å²) in [7, 11) is 0. The monoisotopic (exact) mass is 590 g/mol. The molecule has 1 aromatic carbocycles. The zero-order valence-corrected chi connectivity index (χ0v) is 22.9. The van der Waals surface area contributed by atoms with Gasteiger partial charge in [-0.1, -0.05) is 5.16 Å². The summed E-state index contributed by atoms with van der Waals surface area (Å²) < 4.78 is 27.9. The molecule has 5 atom stereocenters. The van der Waals surface area contributed by atoms with E-state index in [-0.39, 0.29) is 36.5 Å². The molecule has 2 aromatic rings. The molecular formula is C27H35FN6O8. The summed E-state index contributed by atoms with van der Waals surface area (Å²) >= 11 is 0. The number of nitrogens with zero attached hydrogens (tertiary/aromatic N) is 3. The van der Waals surface area contributed by atoms with Gasteiger partial charge in [0.2, 0.25) is 0 Å². The number of primary amides is 2. The van der Waals surface area contributed by atoms with Crippen molar-refractivity contribution in [2.24, 2.45) is 23.3 Å². The van der Waals surface area contributed by atoms with Crippen molar-refractivity contribution >= 4 is 35.3 Å². The second-order valence-corrected chi connectivity index (χ2v) is 11.3. The molecule has 6 N–H and O–H groups in total. The lowest BCUT2D eigenvalue weighted by molar-refractivity contribution is 0.0540. The lowest BCUT2D eigenvalue weighted by Crippen LogP contribution is -2.57. The number of piperidine rings is 1. The average Bonchev–Trinajstić information content (AvgIpc) is 3.64. The first-order valence-electron chi connectivity index (χ1n) is 14.1. The Labute approximate surface area is 240 Å². The van der Waals surface area contributed by atoms with Gasteiger partial charge < -0.3 is 45.7 Å². The van der Waals surface area contributed by atoms with E-state index < -0.39 is 42.6 Å². The summed E-state index contributed by atoms with van der Waals surface area (Å²) in [5.41, 5.74) is 11.3. The van der Waals surface area contributed by atoms with Crippen molar-refractivity contribution in [2.75, 3.05) is 26.2 Å². The van der Waals surface area contributed by atoms with E-state index in [4.69, 9.17) is 20.7 Å². The minimum Gasteiger partial charge on any atom is -0.392 e. The number of carbonyl (C=O) groups is 4. The Kier molecular flexibility index (Phi) is 8.77. The normalized spacial score (nSPS) is 24.8. The van der Waals surface area contributed by atoms with E-state index in [1.807, 2.05) is 0 Å². The third-order valence-electron chi connectivity index (χ3n) is 8.74. The Morgan fingerprint density at radius 3 is 2.55 bits per heavy atom. The zero-order valence-electron chi connectivity index (χ0n) is 22.9. The second kappa shape index (κ2) is 12.5. The van der Waals surface area contributed by atoms with Crippen LogP contribution in [0.3, 0.4) is 0 Å². The largest absolute Gasteiger partial charge is 0.419 e. The number of aliphatic hydroxyl groups is 1. The van der Waals surface area contributed by atoms with Gasteiger partial charge in [-0.2, -0.15) is 0 Å². The first-order chi connectivity index (χ1) is 20.1. The first kappa shape index (κ1) is 29.5. The number of halogens is 1. The first-order valence-corrected chi connectivity index (χ1v) is 14.1. The van der Waals surface area contributed by atoms with Crippen molar-refractivity contribution in [1.29, 1.82) is 0 Å². The zero-order chi connectivity index (χ0) is 30.0. The fourth-order valence-corrected chi connectivity index (χ4v) is 6.97. The van der Waals surface area contributed by atoms with Gasteiger partial charge in [0.15, 0.2) is 5.58 Å². The van der Waals surface area contributed by atoms with E-state index in [0.29, 0.717) is 25.2 Å². The summed E-state index contributed by atoms with van der Waals surface area (Å²) in [5.74, 6) is -0.202. The predicted molar refractivity (Wildman–Crippen MR) is 143 cm³/mol. The van der Waals surface area contributed by atoms with Crippen molar-refractivity contribution in [3.05, 3.63) is 29.7 Å². The van der Waals surface area contributed by atoms with Gasteiger partial charge in [-0.25, -0.2) is 23.6 Å². The summed E-state index contributed by atoms with van der Waals surface area (Å²) in [4.78, 5) is 51.0. The highest BCUT2D eigenvalue weighted by Crippen LogP contribution is 2.47. The van der Waals surface area contributed by atoms with E-state index >= 15 is 0 Å². The molecule has 3 fully saturated rings. The molecule has 0 spiro atoms. The second-order valence-electron chi connectivity index (χ2n) is 11.3. The average molecular weight is 591 g/mol. The molecule has 4 amide bonds. The van der Waals surface area contributed by atoms with E-state index in [1.165, 1.54) is 17.0 Å². The maximum atomic E-state index is 13.5. The van der Waals surface area contributed by atoms with Crippen LogP contribution >= 0.6 is 0 Å². The summed E-state index contributed by atoms with van der Waals surface area (Å²) in [5, 5.41) is 18.5. The molecule has 5 unspecified atom stereocenters. The van der Waals surface area contributed by atoms with Crippen molar-refractivity contribution in [1.82, 2.24) is 20.3 Å². The lowest BCUT2D eigenvalue weighted by atomic mass is 9.89. The van der Waals surface area contributed by atoms with Crippen LogP contribution < -0.4 is 16.8 Å². The van der Waals surface area contributed by atoms with E-state index in [9.17, 15) is 28.7 Å². The molecule has 15 heteroatoms. The number of hydrogen-bond acceptors (Lipinski definition) is 10. The minimum absolute atomic E-state index is 0.00887. The van der Waals surface area contributed by atoms with Gasteiger partial charge in [0.25, 0.3) is 0 Å². The number of fused-ring (bicyclic) bond motifs is 3. The Hall–Kier alpha value is -3.98. The number of benzene rings is 1. The molecule has 1 aromatic heterocycles. The van der Waals surface area contributed by atoms with Gasteiger partial charge in [-0.3, -0.25) is 0 Å². The maximum Gasteiger partial charge on any atom is 0.419 e. The van der Waals surface area contributed by atoms with Gasteiger partial charge in [0.05, 0.1) is 23.9 Å². The lowest BCUT2D eigenvalue weighted by Gasteiger charge is -2.39. The summed E-state index contributed by atoms with van der Waals surface area (Å²) in [6, 6.07) is 3.28. The molecule has 1 saturated heterocycles. The Bertz CT molecular complexity index is 1330. The number of ether oxygens (including phenoxy) is 2. The fraction of sp³-hybridized carbons (Fsp3) is 0.593. The highest BCUT2D eigenvalue weighted by Gasteiger charge is 2.52. The van der Waals surface area contributed by atoms with Crippen LogP contribution in [-0.4, -0.2) is 88.8 Å². The number of aromatic nitrogens is 1. The number of β-amino-alcohol motifs (C(OH)–C–C–N with tert-alkyl or cyclic N) is 1. The molecule has 2 bridgehead atoms. The molecule has 1 aliphatic heterocycles. The third kappa shape index (κ3) is 6.57. The van der Waals surface area contributed by atoms with Gasteiger partial charge in [-0.05, 0) is 75.6 Å². The third-order valence-corrected chi connectivity index (χ3v) is 8.74. The molecule has 2 saturated carbocycles. The van der Waals surface area contributed by atoms with E-state index in [0.717, 1.165) is 43.2 Å². The van der Waals surface area contributed by atoms with Crippen molar-refractivity contribution in [3.8, 4) is 0 Å². The number of likely N-dealkylation sites (tertiary alicyclic amines) is 1. The van der Waals surface area contributed by atoms with Crippen molar-refractivity contribution in [3.63, 3.8) is 0 Å². The summed E-state index contributed by atoms with van der Waals surface area (Å²) in [6.07, 6.45) is -1.25. The van der Waals surface area contributed by atoms with Crippen LogP contribution in [0.4, 0.5) is 23.6 Å². The molecule has 228 valence electrons. The van der Waals surface area contributed by atoms with Crippen molar-refractivity contribution in [2.45, 2.75) is 62.6 Å². The number of amides is 4. The van der Waals surface area contributed by atoms with E-state index in [1.54, 1.807) is 6.07 Å². The molecule has 14 nitrogen and oxygen atoms in total. The van der Waals surface area contributed by atoms with Crippen LogP contribution in [0, 0.1) is 17.7 Å². The number of alkyl carbamates (subject to hydrolysis) is 1. The SMILES string of the molecule is NC(=O)OC(=O)NC1C2CCC(C2)C1N(CCC(O)CN1CCC(c2noc3cc(F)ccc23)CC1)C(=O)OC(N)=O. The number of carbonyl (C=O) groups excluding carboxylic acids is 4. The highest BCUT2D eigenvalue weighted by molar-refractivity contribution is 5.84.